The maximum atomic E-state index is 5.79. The molecule has 0 unspecified atom stereocenters. The van der Waals surface area contributed by atoms with Gasteiger partial charge < -0.3 is 10.2 Å². The summed E-state index contributed by atoms with van der Waals surface area (Å²) in [6, 6.07) is 7.25. The van der Waals surface area contributed by atoms with Crippen LogP contribution in [-0.2, 0) is 0 Å². The van der Waals surface area contributed by atoms with Crippen molar-refractivity contribution in [1.29, 1.82) is 0 Å². The van der Waals surface area contributed by atoms with Crippen LogP contribution in [0.3, 0.4) is 0 Å². The van der Waals surface area contributed by atoms with Crippen molar-refractivity contribution in [1.82, 2.24) is 10.2 Å². The first-order valence-corrected chi connectivity index (χ1v) is 6.08. The number of rotatable bonds is 4. The molecule has 0 saturated heterocycles. The molecule has 1 heterocycles. The molecule has 2 N–H and O–H groups in total. The maximum Gasteiger partial charge on any atom is 0.276 e. The summed E-state index contributed by atoms with van der Waals surface area (Å²) in [6.45, 7) is 0.587. The predicted octanol–water partition coefficient (Wildman–Crippen LogP) is 2.44. The topological polar surface area (TPSA) is 64.9 Å². The third-order valence-corrected chi connectivity index (χ3v) is 2.94. The maximum absolute atomic E-state index is 5.79. The van der Waals surface area contributed by atoms with Crippen LogP contribution in [0.25, 0.3) is 11.5 Å². The molecule has 1 aromatic carbocycles. The minimum Gasteiger partial charge on any atom is -0.411 e. The van der Waals surface area contributed by atoms with Gasteiger partial charge >= 0.3 is 0 Å². The minimum absolute atomic E-state index is 0.496. The Bertz CT molecular complexity index is 457. The van der Waals surface area contributed by atoms with Gasteiger partial charge in [-0.2, -0.15) is 0 Å². The number of thioether (sulfide) groups is 1. The van der Waals surface area contributed by atoms with Gasteiger partial charge in [-0.1, -0.05) is 23.4 Å². The molecule has 84 valence electrons. The molecular formula is C10H10ClN3OS. The summed E-state index contributed by atoms with van der Waals surface area (Å²) in [7, 11) is 0. The van der Waals surface area contributed by atoms with Crippen molar-refractivity contribution in [2.75, 3.05) is 12.3 Å². The van der Waals surface area contributed by atoms with Gasteiger partial charge in [0.1, 0.15) is 0 Å². The summed E-state index contributed by atoms with van der Waals surface area (Å²) in [5, 5.41) is 9.08. The minimum atomic E-state index is 0.496. The number of nitrogens with two attached hydrogens (primary N) is 1. The van der Waals surface area contributed by atoms with Gasteiger partial charge in [0.25, 0.3) is 5.22 Å². The molecule has 0 spiro atoms. The molecule has 16 heavy (non-hydrogen) atoms. The van der Waals surface area contributed by atoms with Crippen LogP contribution in [-0.4, -0.2) is 22.5 Å². The van der Waals surface area contributed by atoms with E-state index in [1.165, 1.54) is 11.8 Å². The third kappa shape index (κ3) is 2.75. The Morgan fingerprint density at radius 3 is 2.69 bits per heavy atom. The van der Waals surface area contributed by atoms with E-state index < -0.39 is 0 Å². The fourth-order valence-corrected chi connectivity index (χ4v) is 1.78. The fraction of sp³-hybridized carbons (Fsp3) is 0.200. The van der Waals surface area contributed by atoms with Crippen molar-refractivity contribution in [3.8, 4) is 11.5 Å². The number of halogens is 1. The highest BCUT2D eigenvalue weighted by Crippen LogP contribution is 2.23. The fourth-order valence-electron chi connectivity index (χ4n) is 1.12. The molecule has 0 fully saturated rings. The Morgan fingerprint density at radius 1 is 1.25 bits per heavy atom. The van der Waals surface area contributed by atoms with Gasteiger partial charge in [0.05, 0.1) is 0 Å². The van der Waals surface area contributed by atoms with E-state index in [9.17, 15) is 0 Å². The SMILES string of the molecule is NCCSc1nnc(-c2ccc(Cl)cc2)o1. The standard InChI is InChI=1S/C10H10ClN3OS/c11-8-3-1-7(2-4-8)9-13-14-10(15-9)16-6-5-12/h1-4H,5-6,12H2. The summed E-state index contributed by atoms with van der Waals surface area (Å²) in [4.78, 5) is 0. The van der Waals surface area contributed by atoms with Gasteiger partial charge in [0, 0.05) is 22.9 Å². The van der Waals surface area contributed by atoms with Gasteiger partial charge in [-0.05, 0) is 24.3 Å². The number of hydrogen-bond donors (Lipinski definition) is 1. The van der Waals surface area contributed by atoms with E-state index >= 15 is 0 Å². The number of benzene rings is 1. The van der Waals surface area contributed by atoms with E-state index in [1.807, 2.05) is 12.1 Å². The Balaban J connectivity index is 2.15. The zero-order valence-corrected chi connectivity index (χ0v) is 9.96. The molecule has 4 nitrogen and oxygen atoms in total. The van der Waals surface area contributed by atoms with E-state index in [1.54, 1.807) is 12.1 Å². The molecule has 6 heteroatoms. The summed E-state index contributed by atoms with van der Waals surface area (Å²) in [5.74, 6) is 1.26. The highest BCUT2D eigenvalue weighted by atomic mass is 35.5. The molecule has 0 atom stereocenters. The molecule has 2 aromatic rings. The van der Waals surface area contributed by atoms with E-state index in [2.05, 4.69) is 10.2 Å². The number of hydrogen-bond acceptors (Lipinski definition) is 5. The lowest BCUT2D eigenvalue weighted by molar-refractivity contribution is 0.466. The normalized spacial score (nSPS) is 10.6. The third-order valence-electron chi connectivity index (χ3n) is 1.84. The first-order chi connectivity index (χ1) is 7.79. The van der Waals surface area contributed by atoms with Crippen molar-refractivity contribution in [2.45, 2.75) is 5.22 Å². The van der Waals surface area contributed by atoms with E-state index in [4.69, 9.17) is 21.8 Å². The van der Waals surface area contributed by atoms with Crippen LogP contribution in [0, 0.1) is 0 Å². The summed E-state index contributed by atoms with van der Waals surface area (Å²) in [5.41, 5.74) is 6.24. The van der Waals surface area contributed by atoms with Gasteiger partial charge in [0.15, 0.2) is 0 Å². The highest BCUT2D eigenvalue weighted by molar-refractivity contribution is 7.99. The first-order valence-electron chi connectivity index (χ1n) is 4.72. The predicted molar refractivity (Wildman–Crippen MR) is 64.5 cm³/mol. The lowest BCUT2D eigenvalue weighted by atomic mass is 10.2. The molecule has 2 rings (SSSR count). The molecule has 0 aliphatic rings. The molecule has 0 bridgehead atoms. The highest BCUT2D eigenvalue weighted by Gasteiger charge is 2.08. The van der Waals surface area contributed by atoms with Crippen molar-refractivity contribution < 1.29 is 4.42 Å². The largest absolute Gasteiger partial charge is 0.411 e. The molecule has 0 aliphatic carbocycles. The van der Waals surface area contributed by atoms with Gasteiger partial charge in [-0.25, -0.2) is 0 Å². The van der Waals surface area contributed by atoms with Crippen LogP contribution in [0.2, 0.25) is 5.02 Å². The van der Waals surface area contributed by atoms with Crippen LogP contribution < -0.4 is 5.73 Å². The molecule has 1 aromatic heterocycles. The second kappa shape index (κ2) is 5.34. The summed E-state index contributed by atoms with van der Waals surface area (Å²) >= 11 is 7.24. The quantitative estimate of drug-likeness (QED) is 0.850. The van der Waals surface area contributed by atoms with Crippen LogP contribution in [0.5, 0.6) is 0 Å². The van der Waals surface area contributed by atoms with Gasteiger partial charge in [-0.15, -0.1) is 10.2 Å². The number of nitrogens with zero attached hydrogens (tertiary/aromatic N) is 2. The lowest BCUT2D eigenvalue weighted by Crippen LogP contribution is -2.00. The average Bonchev–Trinajstić information content (AvgIpc) is 2.76. The van der Waals surface area contributed by atoms with E-state index in [0.717, 1.165) is 11.3 Å². The number of aromatic nitrogens is 2. The molecule has 0 saturated carbocycles. The Kier molecular flexibility index (Phi) is 3.82. The van der Waals surface area contributed by atoms with Crippen LogP contribution >= 0.6 is 23.4 Å². The Labute approximate surface area is 102 Å². The van der Waals surface area contributed by atoms with Gasteiger partial charge in [0.2, 0.25) is 5.89 Å². The monoisotopic (exact) mass is 255 g/mol. The molecule has 0 amide bonds. The van der Waals surface area contributed by atoms with Crippen LogP contribution in [0.15, 0.2) is 33.9 Å². The first kappa shape index (κ1) is 11.4. The van der Waals surface area contributed by atoms with E-state index in [0.29, 0.717) is 22.7 Å². The van der Waals surface area contributed by atoms with Crippen molar-refractivity contribution in [3.63, 3.8) is 0 Å². The zero-order valence-electron chi connectivity index (χ0n) is 8.39. The Morgan fingerprint density at radius 2 is 2.00 bits per heavy atom. The van der Waals surface area contributed by atoms with Crippen molar-refractivity contribution in [2.24, 2.45) is 5.73 Å². The molecule has 0 radical (unpaired) electrons. The second-order valence-corrected chi connectivity index (χ2v) is 4.50. The summed E-state index contributed by atoms with van der Waals surface area (Å²) < 4.78 is 5.45. The van der Waals surface area contributed by atoms with Crippen LogP contribution in [0.1, 0.15) is 0 Å². The van der Waals surface area contributed by atoms with Crippen LogP contribution in [0.4, 0.5) is 0 Å². The lowest BCUT2D eigenvalue weighted by Gasteiger charge is -1.94. The average molecular weight is 256 g/mol. The van der Waals surface area contributed by atoms with Crippen molar-refractivity contribution in [3.05, 3.63) is 29.3 Å². The zero-order chi connectivity index (χ0) is 11.4. The molecular weight excluding hydrogens is 246 g/mol. The van der Waals surface area contributed by atoms with Gasteiger partial charge in [-0.3, -0.25) is 0 Å². The Hall–Kier alpha value is -1.04. The summed E-state index contributed by atoms with van der Waals surface area (Å²) in [6.07, 6.45) is 0. The smallest absolute Gasteiger partial charge is 0.276 e. The van der Waals surface area contributed by atoms with E-state index in [-0.39, 0.29) is 0 Å². The molecule has 0 aliphatic heterocycles. The van der Waals surface area contributed by atoms with Crippen molar-refractivity contribution >= 4 is 23.4 Å². The second-order valence-electron chi connectivity index (χ2n) is 3.02.